The number of benzene rings is 2. The molecule has 0 amide bonds. The number of nitrogens with one attached hydrogen (secondary N) is 2. The number of ether oxygens (including phenoxy) is 2. The zero-order valence-corrected chi connectivity index (χ0v) is 22.0. The van der Waals surface area contributed by atoms with E-state index in [0.717, 1.165) is 11.5 Å². The topological polar surface area (TPSA) is 103 Å². The second-order valence-corrected chi connectivity index (χ2v) is 7.65. The zero-order valence-electron chi connectivity index (χ0n) is 22.0. The van der Waals surface area contributed by atoms with Crippen LogP contribution in [0.15, 0.2) is 53.5 Å². The molecule has 0 fully saturated rings. The van der Waals surface area contributed by atoms with Gasteiger partial charge in [-0.2, -0.15) is 13.0 Å². The Kier molecular flexibility index (Phi) is 14.7. The van der Waals surface area contributed by atoms with E-state index in [2.05, 4.69) is 44.8 Å². The smallest absolute Gasteiger partial charge is 0.577 e. The molecule has 0 aliphatic carbocycles. The maximum absolute atomic E-state index is 15.0. The Morgan fingerprint density at radius 2 is 2.13 bits per heavy atom. The third-order valence-electron chi connectivity index (χ3n) is 4.84. The van der Waals surface area contributed by atoms with Crippen molar-refractivity contribution in [3.8, 4) is 11.5 Å². The van der Waals surface area contributed by atoms with Crippen LogP contribution >= 0.6 is 0 Å². The summed E-state index contributed by atoms with van der Waals surface area (Å²) in [5, 5.41) is 15.0. The summed E-state index contributed by atoms with van der Waals surface area (Å²) in [4.78, 5) is 11.8. The van der Waals surface area contributed by atoms with Crippen molar-refractivity contribution in [3.05, 3.63) is 90.8 Å². The van der Waals surface area contributed by atoms with Gasteiger partial charge in [-0.05, 0) is 48.2 Å². The van der Waals surface area contributed by atoms with Crippen molar-refractivity contribution in [1.82, 2.24) is 15.3 Å². The number of fused-ring (bicyclic) bond motifs is 1. The van der Waals surface area contributed by atoms with Crippen LogP contribution in [-0.2, 0) is 0 Å². The van der Waals surface area contributed by atoms with E-state index in [1.54, 1.807) is 18.2 Å². The van der Waals surface area contributed by atoms with E-state index in [-0.39, 0.29) is 60.4 Å². The van der Waals surface area contributed by atoms with Crippen LogP contribution < -0.4 is 57.8 Å². The Balaban J connectivity index is 0.00000361. The van der Waals surface area contributed by atoms with Gasteiger partial charge < -0.3 is 37.4 Å². The van der Waals surface area contributed by atoms with E-state index in [0.29, 0.717) is 43.0 Å². The van der Waals surface area contributed by atoms with Crippen LogP contribution in [0.4, 0.5) is 15.9 Å². The van der Waals surface area contributed by atoms with Gasteiger partial charge in [0.15, 0.2) is 0 Å². The Bertz CT molecular complexity index is 1290. The summed E-state index contributed by atoms with van der Waals surface area (Å²) in [6.45, 7) is 14.7. The molecular weight excluding hydrogens is 473 g/mol. The Labute approximate surface area is 247 Å². The number of hydrogen-bond acceptors (Lipinski definition) is 6. The first-order valence-electron chi connectivity index (χ1n) is 11.0. The summed E-state index contributed by atoms with van der Waals surface area (Å²) in [6, 6.07) is 9.55. The van der Waals surface area contributed by atoms with Gasteiger partial charge in [0.25, 0.3) is 0 Å². The predicted octanol–water partition coefficient (Wildman–Crippen LogP) is -1.18. The Morgan fingerprint density at radius 1 is 1.34 bits per heavy atom. The van der Waals surface area contributed by atoms with Crippen molar-refractivity contribution in [2.45, 2.75) is 13.8 Å². The number of aryl methyl sites for hydroxylation is 1. The maximum atomic E-state index is 15.0. The van der Waals surface area contributed by atoms with Crippen LogP contribution in [0.5, 0.6) is 11.5 Å². The van der Waals surface area contributed by atoms with Gasteiger partial charge in [-0.25, -0.2) is 21.9 Å². The minimum Gasteiger partial charge on any atom is -0.577 e. The van der Waals surface area contributed by atoms with Gasteiger partial charge in [-0.1, -0.05) is 0 Å². The van der Waals surface area contributed by atoms with E-state index in [1.807, 2.05) is 19.9 Å². The van der Waals surface area contributed by atoms with E-state index in [9.17, 15) is 0 Å². The molecule has 2 aromatic carbocycles. The molecule has 0 bridgehead atoms. The first kappa shape index (κ1) is 33.1. The quantitative estimate of drug-likeness (QED) is 0.0769. The van der Waals surface area contributed by atoms with Crippen LogP contribution in [0.3, 0.4) is 0 Å². The van der Waals surface area contributed by atoms with E-state index in [4.69, 9.17) is 21.5 Å². The van der Waals surface area contributed by atoms with Crippen molar-refractivity contribution in [3.63, 3.8) is 0 Å². The van der Waals surface area contributed by atoms with Crippen molar-refractivity contribution < 1.29 is 51.6 Å². The normalized spacial score (nSPS) is 11.1. The molecule has 188 valence electrons. The molecule has 38 heavy (non-hydrogen) atoms. The van der Waals surface area contributed by atoms with Gasteiger partial charge >= 0.3 is 37.7 Å². The average Bonchev–Trinajstić information content (AvgIpc) is 2.87. The number of halogens is 1. The number of anilines is 2. The molecule has 1 aromatic heterocycles. The van der Waals surface area contributed by atoms with Gasteiger partial charge in [0.05, 0.1) is 5.82 Å². The SMILES string of the molecule is [CH-]=C/C(=C\[C-]=NC=[N-])Oc1ccc(Nc2ncnc3cc(OC[C-](C)CNC[CH2-])[c-]c(F)c23)cc1C.[Li+].[Li+]. The molecule has 3 aromatic rings. The third kappa shape index (κ3) is 9.43. The molecular formula is C27H25FLi2N6O2-4. The number of nitrogens with zero attached hydrogens (tertiary/aromatic N) is 4. The minimum absolute atomic E-state index is 0. The van der Waals surface area contributed by atoms with Crippen LogP contribution in [-0.4, -0.2) is 42.2 Å². The number of allylic oxidation sites excluding steroid dienone is 2. The average molecular weight is 498 g/mol. The van der Waals surface area contributed by atoms with Crippen molar-refractivity contribution in [2.75, 3.05) is 25.0 Å². The van der Waals surface area contributed by atoms with Crippen LogP contribution in [0.1, 0.15) is 12.5 Å². The zero-order chi connectivity index (χ0) is 25.9. The molecule has 0 unspecified atom stereocenters. The molecule has 11 heteroatoms. The summed E-state index contributed by atoms with van der Waals surface area (Å²) in [6.07, 6.45) is 7.03. The first-order valence-corrected chi connectivity index (χ1v) is 11.0. The molecule has 1 heterocycles. The van der Waals surface area contributed by atoms with Crippen molar-refractivity contribution in [2.24, 2.45) is 4.99 Å². The Hall–Kier alpha value is -2.92. The van der Waals surface area contributed by atoms with Gasteiger partial charge in [-0.15, -0.1) is 31.3 Å². The van der Waals surface area contributed by atoms with Gasteiger partial charge in [0.1, 0.15) is 12.1 Å². The van der Waals surface area contributed by atoms with Gasteiger partial charge in [-0.3, -0.25) is 17.5 Å². The molecule has 0 saturated carbocycles. The molecule has 0 radical (unpaired) electrons. The number of rotatable bonds is 13. The second-order valence-electron chi connectivity index (χ2n) is 7.65. The fourth-order valence-corrected chi connectivity index (χ4v) is 3.13. The van der Waals surface area contributed by atoms with E-state index < -0.39 is 5.82 Å². The molecule has 0 saturated heterocycles. The predicted molar refractivity (Wildman–Crippen MR) is 140 cm³/mol. The molecule has 0 spiro atoms. The second kappa shape index (κ2) is 16.8. The summed E-state index contributed by atoms with van der Waals surface area (Å²) < 4.78 is 26.5. The summed E-state index contributed by atoms with van der Waals surface area (Å²) in [5.41, 5.74) is 1.82. The molecule has 0 atom stereocenters. The van der Waals surface area contributed by atoms with Crippen molar-refractivity contribution in [1.29, 1.82) is 0 Å². The first-order chi connectivity index (χ1) is 17.4. The molecule has 8 nitrogen and oxygen atoms in total. The van der Waals surface area contributed by atoms with Gasteiger partial charge in [0.2, 0.25) is 0 Å². The molecule has 0 aliphatic rings. The summed E-state index contributed by atoms with van der Waals surface area (Å²) in [5.74, 6) is 1.79. The maximum Gasteiger partial charge on any atom is 1.00 e. The van der Waals surface area contributed by atoms with Gasteiger partial charge in [0, 0.05) is 23.0 Å². The number of aromatic nitrogens is 2. The molecule has 3 rings (SSSR count). The van der Waals surface area contributed by atoms with E-state index in [1.165, 1.54) is 18.5 Å². The Morgan fingerprint density at radius 3 is 2.82 bits per heavy atom. The molecule has 2 N–H and O–H groups in total. The largest absolute Gasteiger partial charge is 1.00 e. The van der Waals surface area contributed by atoms with Crippen LogP contribution in [0, 0.1) is 38.2 Å². The minimum atomic E-state index is -0.623. The number of hydrogen-bond donors (Lipinski definition) is 2. The third-order valence-corrected chi connectivity index (χ3v) is 4.84. The fraction of sp³-hybridized carbons (Fsp3) is 0.185. The fourth-order valence-electron chi connectivity index (χ4n) is 3.13. The van der Waals surface area contributed by atoms with Crippen molar-refractivity contribution >= 4 is 35.0 Å². The number of aliphatic imine (C=N–C) groups is 1. The van der Waals surface area contributed by atoms with E-state index >= 15 is 4.39 Å². The van der Waals surface area contributed by atoms with Crippen LogP contribution in [0.25, 0.3) is 16.3 Å². The summed E-state index contributed by atoms with van der Waals surface area (Å²) >= 11 is 0. The monoisotopic (exact) mass is 498 g/mol. The summed E-state index contributed by atoms with van der Waals surface area (Å²) in [7, 11) is 0. The molecule has 0 aliphatic heterocycles. The van der Waals surface area contributed by atoms with Crippen LogP contribution in [0.2, 0.25) is 0 Å². The standard InChI is InChI=1S/C27H25FN6O2.2Li/c1-5-21(9-10-31-16-29)36-25-8-7-20(11-19(25)4)34-27-26-23(28)12-22(13-24(26)32-17-33-27)35-15-18(3)14-30-6-2;;/h1,5,7-9,11,13,16-17,30H,2,6,14-15H2,3-4H3,(H,32,33,34);;/q-6;2*+1/b21-9+;;.